The van der Waals surface area contributed by atoms with E-state index in [4.69, 9.17) is 0 Å². The molecule has 0 aliphatic rings. The van der Waals surface area contributed by atoms with E-state index in [2.05, 4.69) is 33.4 Å². The molecule has 19 heavy (non-hydrogen) atoms. The van der Waals surface area contributed by atoms with Crippen LogP contribution in [-0.2, 0) is 6.54 Å². The highest BCUT2D eigenvalue weighted by atomic mass is 79.9. The van der Waals surface area contributed by atoms with E-state index < -0.39 is 0 Å². The highest BCUT2D eigenvalue weighted by Crippen LogP contribution is 2.32. The summed E-state index contributed by atoms with van der Waals surface area (Å²) in [5.41, 5.74) is 0.992. The van der Waals surface area contributed by atoms with Crippen molar-refractivity contribution in [2.24, 2.45) is 0 Å². The van der Waals surface area contributed by atoms with E-state index in [1.54, 1.807) is 17.8 Å². The smallest absolute Gasteiger partial charge is 0.123 e. The maximum Gasteiger partial charge on any atom is 0.123 e. The average Bonchev–Trinajstić information content (AvgIpc) is 2.39. The van der Waals surface area contributed by atoms with Gasteiger partial charge in [-0.2, -0.15) is 0 Å². The zero-order chi connectivity index (χ0) is 13.7. The van der Waals surface area contributed by atoms with Crippen molar-refractivity contribution in [1.82, 2.24) is 5.32 Å². The van der Waals surface area contributed by atoms with Gasteiger partial charge in [-0.05, 0) is 48.5 Å². The Balaban J connectivity index is 2.23. The lowest BCUT2D eigenvalue weighted by Gasteiger charge is -2.10. The van der Waals surface area contributed by atoms with Gasteiger partial charge in [0.15, 0.2) is 0 Å². The minimum atomic E-state index is -0.188. The SMILES string of the molecule is CCNCc1cc(F)ccc1Sc1cccc(Br)c1. The molecule has 0 radical (unpaired) electrons. The van der Waals surface area contributed by atoms with Crippen molar-refractivity contribution in [2.75, 3.05) is 6.54 Å². The molecule has 0 amide bonds. The molecular formula is C15H15BrFNS. The summed E-state index contributed by atoms with van der Waals surface area (Å²) in [6.45, 7) is 3.60. The van der Waals surface area contributed by atoms with Crippen molar-refractivity contribution in [1.29, 1.82) is 0 Å². The molecule has 0 saturated heterocycles. The van der Waals surface area contributed by atoms with E-state index in [1.165, 1.54) is 6.07 Å². The van der Waals surface area contributed by atoms with Crippen LogP contribution in [0.1, 0.15) is 12.5 Å². The molecule has 2 aromatic carbocycles. The van der Waals surface area contributed by atoms with Gasteiger partial charge in [-0.15, -0.1) is 0 Å². The van der Waals surface area contributed by atoms with Crippen molar-refractivity contribution < 1.29 is 4.39 Å². The summed E-state index contributed by atoms with van der Waals surface area (Å²) >= 11 is 5.11. The number of rotatable bonds is 5. The van der Waals surface area contributed by atoms with Gasteiger partial charge in [0.05, 0.1) is 0 Å². The Kier molecular flexibility index (Phi) is 5.43. The van der Waals surface area contributed by atoms with Gasteiger partial charge >= 0.3 is 0 Å². The molecule has 100 valence electrons. The third-order valence-corrected chi connectivity index (χ3v) is 4.21. The number of hydrogen-bond donors (Lipinski definition) is 1. The first-order valence-corrected chi connectivity index (χ1v) is 7.72. The lowest BCUT2D eigenvalue weighted by atomic mass is 10.2. The fourth-order valence-electron chi connectivity index (χ4n) is 1.70. The predicted octanol–water partition coefficient (Wildman–Crippen LogP) is 4.85. The Morgan fingerprint density at radius 3 is 2.79 bits per heavy atom. The number of hydrogen-bond acceptors (Lipinski definition) is 2. The molecule has 0 spiro atoms. The van der Waals surface area contributed by atoms with E-state index in [0.29, 0.717) is 6.54 Å². The van der Waals surface area contributed by atoms with Gasteiger partial charge in [0.1, 0.15) is 5.82 Å². The van der Waals surface area contributed by atoms with Gasteiger partial charge in [0, 0.05) is 20.8 Å². The fourth-order valence-corrected chi connectivity index (χ4v) is 3.24. The van der Waals surface area contributed by atoms with Gasteiger partial charge in [-0.1, -0.05) is 40.7 Å². The molecule has 0 aromatic heterocycles. The Hall–Kier alpha value is -0.840. The molecule has 0 unspecified atom stereocenters. The van der Waals surface area contributed by atoms with Crippen LogP contribution in [0.15, 0.2) is 56.7 Å². The zero-order valence-corrected chi connectivity index (χ0v) is 13.0. The minimum absolute atomic E-state index is 0.188. The summed E-state index contributed by atoms with van der Waals surface area (Å²) in [6.07, 6.45) is 0. The molecule has 0 bridgehead atoms. The molecule has 0 fully saturated rings. The van der Waals surface area contributed by atoms with Crippen LogP contribution in [0.3, 0.4) is 0 Å². The number of halogens is 2. The first-order chi connectivity index (χ1) is 9.19. The second-order valence-electron chi connectivity index (χ2n) is 4.09. The van der Waals surface area contributed by atoms with Crippen molar-refractivity contribution in [3.8, 4) is 0 Å². The molecule has 1 N–H and O–H groups in total. The molecule has 1 nitrogen and oxygen atoms in total. The second-order valence-corrected chi connectivity index (χ2v) is 6.12. The van der Waals surface area contributed by atoms with E-state index in [1.807, 2.05) is 25.1 Å². The highest BCUT2D eigenvalue weighted by Gasteiger charge is 2.06. The highest BCUT2D eigenvalue weighted by molar-refractivity contribution is 9.10. The lowest BCUT2D eigenvalue weighted by Crippen LogP contribution is -2.12. The molecule has 0 saturated carbocycles. The van der Waals surface area contributed by atoms with Gasteiger partial charge < -0.3 is 5.32 Å². The van der Waals surface area contributed by atoms with Gasteiger partial charge in [0.25, 0.3) is 0 Å². The van der Waals surface area contributed by atoms with Gasteiger partial charge in [0.2, 0.25) is 0 Å². The van der Waals surface area contributed by atoms with Crippen molar-refractivity contribution >= 4 is 27.7 Å². The molecule has 2 rings (SSSR count). The Bertz CT molecular complexity index is 560. The largest absolute Gasteiger partial charge is 0.313 e. The standard InChI is InChI=1S/C15H15BrFNS/c1-2-18-10-11-8-13(17)6-7-15(11)19-14-5-3-4-12(16)9-14/h3-9,18H,2,10H2,1H3. The maximum atomic E-state index is 13.3. The third-order valence-electron chi connectivity index (χ3n) is 2.61. The normalized spacial score (nSPS) is 10.7. The van der Waals surface area contributed by atoms with Crippen LogP contribution in [0.4, 0.5) is 4.39 Å². The van der Waals surface area contributed by atoms with Crippen LogP contribution < -0.4 is 5.32 Å². The molecular weight excluding hydrogens is 325 g/mol. The molecule has 0 aliphatic heterocycles. The second kappa shape index (κ2) is 7.08. The summed E-state index contributed by atoms with van der Waals surface area (Å²) in [4.78, 5) is 2.22. The van der Waals surface area contributed by atoms with Crippen LogP contribution in [-0.4, -0.2) is 6.54 Å². The topological polar surface area (TPSA) is 12.0 Å². The Labute approximate surface area is 125 Å². The lowest BCUT2D eigenvalue weighted by molar-refractivity contribution is 0.619. The first-order valence-electron chi connectivity index (χ1n) is 6.11. The van der Waals surface area contributed by atoms with Gasteiger partial charge in [-0.25, -0.2) is 4.39 Å². The summed E-state index contributed by atoms with van der Waals surface area (Å²) in [5, 5.41) is 3.24. The number of benzene rings is 2. The van der Waals surface area contributed by atoms with Crippen LogP contribution in [0.2, 0.25) is 0 Å². The molecule has 4 heteroatoms. The molecule has 0 aliphatic carbocycles. The fraction of sp³-hybridized carbons (Fsp3) is 0.200. The average molecular weight is 340 g/mol. The number of nitrogens with one attached hydrogen (secondary N) is 1. The Morgan fingerprint density at radius 2 is 2.05 bits per heavy atom. The first kappa shape index (κ1) is 14.6. The van der Waals surface area contributed by atoms with Crippen molar-refractivity contribution in [3.05, 3.63) is 58.3 Å². The van der Waals surface area contributed by atoms with Crippen LogP contribution in [0, 0.1) is 5.82 Å². The van der Waals surface area contributed by atoms with E-state index in [0.717, 1.165) is 26.4 Å². The third kappa shape index (κ3) is 4.34. The summed E-state index contributed by atoms with van der Waals surface area (Å²) in [7, 11) is 0. The van der Waals surface area contributed by atoms with Crippen LogP contribution >= 0.6 is 27.7 Å². The zero-order valence-electron chi connectivity index (χ0n) is 10.6. The van der Waals surface area contributed by atoms with Gasteiger partial charge in [-0.3, -0.25) is 0 Å². The molecule has 2 aromatic rings. The van der Waals surface area contributed by atoms with E-state index in [9.17, 15) is 4.39 Å². The molecule has 0 heterocycles. The van der Waals surface area contributed by atoms with E-state index >= 15 is 0 Å². The van der Waals surface area contributed by atoms with Crippen LogP contribution in [0.25, 0.3) is 0 Å². The quantitative estimate of drug-likeness (QED) is 0.835. The van der Waals surface area contributed by atoms with Crippen LogP contribution in [0.5, 0.6) is 0 Å². The van der Waals surface area contributed by atoms with Crippen molar-refractivity contribution in [2.45, 2.75) is 23.3 Å². The van der Waals surface area contributed by atoms with E-state index in [-0.39, 0.29) is 5.82 Å². The van der Waals surface area contributed by atoms with Crippen molar-refractivity contribution in [3.63, 3.8) is 0 Å². The summed E-state index contributed by atoms with van der Waals surface area (Å²) < 4.78 is 14.4. The minimum Gasteiger partial charge on any atom is -0.313 e. The monoisotopic (exact) mass is 339 g/mol. The Morgan fingerprint density at radius 1 is 1.21 bits per heavy atom. The summed E-state index contributed by atoms with van der Waals surface area (Å²) in [6, 6.07) is 13.1. The maximum absolute atomic E-state index is 13.3. The predicted molar refractivity (Wildman–Crippen MR) is 82.0 cm³/mol. The molecule has 0 atom stereocenters. The summed E-state index contributed by atoms with van der Waals surface area (Å²) in [5.74, 6) is -0.188.